The van der Waals surface area contributed by atoms with Crippen molar-refractivity contribution in [3.8, 4) is 5.75 Å². The lowest BCUT2D eigenvalue weighted by Gasteiger charge is -2.10. The van der Waals surface area contributed by atoms with E-state index in [1.807, 2.05) is 0 Å². The van der Waals surface area contributed by atoms with Crippen LogP contribution in [0.4, 0.5) is 15.8 Å². The quantitative estimate of drug-likeness (QED) is 0.490. The predicted molar refractivity (Wildman–Crippen MR) is 113 cm³/mol. The van der Waals surface area contributed by atoms with Crippen molar-refractivity contribution in [3.63, 3.8) is 0 Å². The number of nitrogens with one attached hydrogen (secondary N) is 2. The zero-order valence-electron chi connectivity index (χ0n) is 16.5. The Kier molecular flexibility index (Phi) is 7.16. The lowest BCUT2D eigenvalue weighted by atomic mass is 10.2. The van der Waals surface area contributed by atoms with E-state index in [-0.39, 0.29) is 28.5 Å². The first-order chi connectivity index (χ1) is 14.9. The maximum absolute atomic E-state index is 14.1. The number of ether oxygens (including phenoxy) is 2. The minimum Gasteiger partial charge on any atom is -0.488 e. The molecule has 3 rings (SSSR count). The average molecular weight is 445 g/mol. The summed E-state index contributed by atoms with van der Waals surface area (Å²) in [5.74, 6) is -1.10. The molecule has 1 amide bonds. The van der Waals surface area contributed by atoms with E-state index in [0.717, 1.165) is 6.07 Å². The summed E-state index contributed by atoms with van der Waals surface area (Å²) >= 11 is 0. The van der Waals surface area contributed by atoms with Crippen LogP contribution in [-0.4, -0.2) is 39.6 Å². The van der Waals surface area contributed by atoms with Gasteiger partial charge in [0.15, 0.2) is 11.6 Å². The molecule has 10 heteroatoms. The van der Waals surface area contributed by atoms with Crippen molar-refractivity contribution in [3.05, 3.63) is 78.4 Å². The van der Waals surface area contributed by atoms with Crippen LogP contribution in [0.25, 0.3) is 0 Å². The Morgan fingerprint density at radius 2 is 1.71 bits per heavy atom. The number of rotatable bonds is 9. The van der Waals surface area contributed by atoms with Crippen LogP contribution in [0.15, 0.2) is 71.9 Å². The molecule has 0 fully saturated rings. The van der Waals surface area contributed by atoms with Gasteiger partial charge in [-0.05, 0) is 48.5 Å². The first-order valence-corrected chi connectivity index (χ1v) is 10.6. The van der Waals surface area contributed by atoms with E-state index in [0.29, 0.717) is 12.3 Å². The van der Waals surface area contributed by atoms with Gasteiger partial charge in [-0.3, -0.25) is 14.5 Å². The van der Waals surface area contributed by atoms with E-state index in [1.165, 1.54) is 68.0 Å². The second-order valence-electron chi connectivity index (χ2n) is 6.31. The largest absolute Gasteiger partial charge is 0.488 e. The number of aromatic nitrogens is 1. The number of amides is 1. The van der Waals surface area contributed by atoms with Crippen molar-refractivity contribution in [1.29, 1.82) is 0 Å². The molecule has 0 aliphatic heterocycles. The summed E-state index contributed by atoms with van der Waals surface area (Å²) in [5.41, 5.74) is 0.815. The van der Waals surface area contributed by atoms with Gasteiger partial charge < -0.3 is 14.8 Å². The molecule has 0 bridgehead atoms. The fourth-order valence-electron chi connectivity index (χ4n) is 2.55. The molecule has 1 aromatic heterocycles. The van der Waals surface area contributed by atoms with Gasteiger partial charge in [0.05, 0.1) is 17.2 Å². The van der Waals surface area contributed by atoms with Crippen LogP contribution in [0.2, 0.25) is 0 Å². The fourth-order valence-corrected chi connectivity index (χ4v) is 3.61. The smallest absolute Gasteiger partial charge is 0.261 e. The predicted octanol–water partition coefficient (Wildman–Crippen LogP) is 3.30. The summed E-state index contributed by atoms with van der Waals surface area (Å²) in [5, 5.41) is 2.56. The number of pyridine rings is 1. The van der Waals surface area contributed by atoms with E-state index < -0.39 is 21.7 Å². The Bertz CT molecular complexity index is 1140. The van der Waals surface area contributed by atoms with E-state index in [9.17, 15) is 17.6 Å². The van der Waals surface area contributed by atoms with Crippen LogP contribution in [0.1, 0.15) is 10.4 Å². The third-order valence-electron chi connectivity index (χ3n) is 4.09. The molecular formula is C21H20FN3O5S. The molecule has 0 saturated heterocycles. The van der Waals surface area contributed by atoms with Gasteiger partial charge in [0, 0.05) is 36.8 Å². The second-order valence-corrected chi connectivity index (χ2v) is 7.99. The summed E-state index contributed by atoms with van der Waals surface area (Å²) in [6.45, 7) is 0.520. The van der Waals surface area contributed by atoms with Crippen molar-refractivity contribution in [2.24, 2.45) is 0 Å². The summed E-state index contributed by atoms with van der Waals surface area (Å²) in [6, 6.07) is 12.4. The van der Waals surface area contributed by atoms with Crippen LogP contribution < -0.4 is 14.8 Å². The maximum atomic E-state index is 14.1. The van der Waals surface area contributed by atoms with Crippen molar-refractivity contribution in [1.82, 2.24) is 4.98 Å². The Hall–Kier alpha value is -3.50. The number of benzene rings is 2. The number of sulfonamides is 1. The molecule has 0 spiro atoms. The van der Waals surface area contributed by atoms with Crippen molar-refractivity contribution >= 4 is 27.3 Å². The zero-order chi connectivity index (χ0) is 22.3. The molecule has 0 unspecified atom stereocenters. The highest BCUT2D eigenvalue weighted by atomic mass is 32.2. The monoisotopic (exact) mass is 445 g/mol. The number of nitrogens with zero attached hydrogens (tertiary/aromatic N) is 1. The lowest BCUT2D eigenvalue weighted by molar-refractivity contribution is 0.102. The number of hydrogen-bond acceptors (Lipinski definition) is 6. The molecule has 0 aliphatic carbocycles. The summed E-state index contributed by atoms with van der Waals surface area (Å²) < 4.78 is 51.5. The highest BCUT2D eigenvalue weighted by Gasteiger charge is 2.16. The van der Waals surface area contributed by atoms with Gasteiger partial charge in [-0.15, -0.1) is 0 Å². The number of hydrogen-bond donors (Lipinski definition) is 2. The Balaban J connectivity index is 1.66. The highest BCUT2D eigenvalue weighted by Crippen LogP contribution is 2.22. The first kappa shape index (κ1) is 22.2. The van der Waals surface area contributed by atoms with Crippen molar-refractivity contribution < 1.29 is 27.1 Å². The topological polar surface area (TPSA) is 107 Å². The standard InChI is InChI=1S/C21H20FN3O5S/c1-29-12-13-30-20-7-4-17(14-19(20)22)24-21(26)15-2-5-18(6-3-15)31(27,28)25-16-8-10-23-11-9-16/h2-11,14H,12-13H2,1H3,(H,23,25)(H,24,26). The fraction of sp³-hybridized carbons (Fsp3) is 0.143. The third kappa shape index (κ3) is 6.00. The average Bonchev–Trinajstić information content (AvgIpc) is 2.76. The summed E-state index contributed by atoms with van der Waals surface area (Å²) in [7, 11) is -2.30. The molecular weight excluding hydrogens is 425 g/mol. The van der Waals surface area contributed by atoms with Gasteiger partial charge >= 0.3 is 0 Å². The third-order valence-corrected chi connectivity index (χ3v) is 5.49. The SMILES string of the molecule is COCCOc1ccc(NC(=O)c2ccc(S(=O)(=O)Nc3ccncc3)cc2)cc1F. The lowest BCUT2D eigenvalue weighted by Crippen LogP contribution is -2.15. The van der Waals surface area contributed by atoms with Crippen LogP contribution in [0.3, 0.4) is 0 Å². The van der Waals surface area contributed by atoms with Gasteiger partial charge in [0.2, 0.25) is 0 Å². The van der Waals surface area contributed by atoms with E-state index in [1.54, 1.807) is 0 Å². The molecule has 0 atom stereocenters. The number of methoxy groups -OCH3 is 1. The van der Waals surface area contributed by atoms with Crippen LogP contribution in [-0.2, 0) is 14.8 Å². The minimum atomic E-state index is -3.82. The molecule has 1 heterocycles. The first-order valence-electron chi connectivity index (χ1n) is 9.14. The normalized spacial score (nSPS) is 11.0. The number of carbonyl (C=O) groups is 1. The van der Waals surface area contributed by atoms with Gasteiger partial charge in [-0.2, -0.15) is 0 Å². The van der Waals surface area contributed by atoms with Gasteiger partial charge in [0.1, 0.15) is 6.61 Å². The number of halogens is 1. The van der Waals surface area contributed by atoms with E-state index >= 15 is 0 Å². The van der Waals surface area contributed by atoms with Gasteiger partial charge in [-0.1, -0.05) is 0 Å². The zero-order valence-corrected chi connectivity index (χ0v) is 17.4. The van der Waals surface area contributed by atoms with Gasteiger partial charge in [-0.25, -0.2) is 12.8 Å². The van der Waals surface area contributed by atoms with Crippen molar-refractivity contribution in [2.75, 3.05) is 30.4 Å². The molecule has 162 valence electrons. The molecule has 0 radical (unpaired) electrons. The van der Waals surface area contributed by atoms with Crippen LogP contribution >= 0.6 is 0 Å². The Morgan fingerprint density at radius 3 is 2.35 bits per heavy atom. The molecule has 0 aliphatic rings. The highest BCUT2D eigenvalue weighted by molar-refractivity contribution is 7.92. The Labute approximate surface area is 179 Å². The maximum Gasteiger partial charge on any atom is 0.261 e. The van der Waals surface area contributed by atoms with E-state index in [2.05, 4.69) is 15.0 Å². The molecule has 8 nitrogen and oxygen atoms in total. The minimum absolute atomic E-state index is 0.00975. The second kappa shape index (κ2) is 10.0. The van der Waals surface area contributed by atoms with Crippen LogP contribution in [0.5, 0.6) is 5.75 Å². The van der Waals surface area contributed by atoms with Gasteiger partial charge in [0.25, 0.3) is 15.9 Å². The molecule has 0 saturated carbocycles. The van der Waals surface area contributed by atoms with Crippen molar-refractivity contribution in [2.45, 2.75) is 4.90 Å². The van der Waals surface area contributed by atoms with Crippen LogP contribution in [0, 0.1) is 5.82 Å². The summed E-state index contributed by atoms with van der Waals surface area (Å²) in [4.78, 5) is 16.2. The number of carbonyl (C=O) groups excluding carboxylic acids is 1. The molecule has 3 aromatic rings. The van der Waals surface area contributed by atoms with E-state index in [4.69, 9.17) is 9.47 Å². The molecule has 2 N–H and O–H groups in total. The molecule has 2 aromatic carbocycles. The molecule has 31 heavy (non-hydrogen) atoms. The Morgan fingerprint density at radius 1 is 1.00 bits per heavy atom. The summed E-state index contributed by atoms with van der Waals surface area (Å²) in [6.07, 6.45) is 2.93. The number of anilines is 2.